The first-order valence-corrected chi connectivity index (χ1v) is 10.2. The maximum atomic E-state index is 12.5. The number of hydrogen-bond donors (Lipinski definition) is 1. The van der Waals surface area contributed by atoms with Gasteiger partial charge < -0.3 is 14.6 Å². The topological polar surface area (TPSA) is 81.4 Å². The molecular weight excluding hydrogens is 388 g/mol. The molecule has 0 fully saturated rings. The molecule has 3 rings (SSSR count). The number of para-hydroxylation sites is 1. The number of hydrogen-bond acceptors (Lipinski definition) is 6. The molecule has 0 aliphatic heterocycles. The van der Waals surface area contributed by atoms with E-state index in [1.807, 2.05) is 56.3 Å². The molecule has 1 N–H and O–H groups in total. The Morgan fingerprint density at radius 3 is 2.66 bits per heavy atom. The quantitative estimate of drug-likeness (QED) is 0.431. The van der Waals surface area contributed by atoms with Crippen LogP contribution in [0.15, 0.2) is 64.0 Å². The van der Waals surface area contributed by atoms with E-state index in [1.165, 1.54) is 11.8 Å². The van der Waals surface area contributed by atoms with Crippen molar-refractivity contribution >= 4 is 29.3 Å². The van der Waals surface area contributed by atoms with E-state index < -0.39 is 5.97 Å². The van der Waals surface area contributed by atoms with Gasteiger partial charge in [-0.3, -0.25) is 4.79 Å². The molecule has 2 aromatic carbocycles. The van der Waals surface area contributed by atoms with Crippen LogP contribution in [0.2, 0.25) is 0 Å². The first-order chi connectivity index (χ1) is 14.1. The highest BCUT2D eigenvalue weighted by molar-refractivity contribution is 7.98. The summed E-state index contributed by atoms with van der Waals surface area (Å²) in [5.41, 5.74) is 2.97. The lowest BCUT2D eigenvalue weighted by atomic mass is 10.1. The lowest BCUT2D eigenvalue weighted by Crippen LogP contribution is -2.21. The smallest absolute Gasteiger partial charge is 0.339 e. The molecule has 1 aromatic heterocycles. The number of carbonyl (C=O) groups excluding carboxylic acids is 2. The molecule has 1 heterocycles. The highest BCUT2D eigenvalue weighted by atomic mass is 32.2. The fourth-order valence-corrected chi connectivity index (χ4v) is 3.67. The lowest BCUT2D eigenvalue weighted by Gasteiger charge is -2.11. The van der Waals surface area contributed by atoms with Gasteiger partial charge in [0, 0.05) is 22.4 Å². The van der Waals surface area contributed by atoms with E-state index in [1.54, 1.807) is 12.1 Å². The number of ether oxygens (including phenoxy) is 1. The molecule has 0 aliphatic carbocycles. The van der Waals surface area contributed by atoms with E-state index in [9.17, 15) is 9.59 Å². The molecule has 1 amide bonds. The van der Waals surface area contributed by atoms with Gasteiger partial charge in [0.05, 0.1) is 11.3 Å². The van der Waals surface area contributed by atoms with Crippen LogP contribution >= 0.6 is 11.8 Å². The molecule has 3 aromatic rings. The fourth-order valence-electron chi connectivity index (χ4n) is 2.74. The Hall–Kier alpha value is -3.06. The second kappa shape index (κ2) is 9.93. The van der Waals surface area contributed by atoms with Gasteiger partial charge in [-0.05, 0) is 37.1 Å². The molecule has 0 spiro atoms. The van der Waals surface area contributed by atoms with Crippen LogP contribution in [-0.2, 0) is 21.7 Å². The van der Waals surface area contributed by atoms with Crippen molar-refractivity contribution in [2.75, 3.05) is 11.9 Å². The van der Waals surface area contributed by atoms with Gasteiger partial charge in [-0.1, -0.05) is 42.4 Å². The summed E-state index contributed by atoms with van der Waals surface area (Å²) in [5.74, 6) is 0.394. The molecule has 0 unspecified atom stereocenters. The minimum absolute atomic E-state index is 0.349. The number of nitrogens with zero attached hydrogens (tertiary/aromatic N) is 1. The van der Waals surface area contributed by atoms with Gasteiger partial charge in [0.2, 0.25) is 0 Å². The highest BCUT2D eigenvalue weighted by Crippen LogP contribution is 2.26. The number of anilines is 1. The molecule has 0 aliphatic rings. The Balaban J connectivity index is 1.58. The third-order valence-corrected chi connectivity index (χ3v) is 5.27. The van der Waals surface area contributed by atoms with E-state index in [0.717, 1.165) is 34.0 Å². The second-order valence-electron chi connectivity index (χ2n) is 6.35. The number of benzene rings is 2. The molecule has 0 saturated carbocycles. The Labute approximate surface area is 173 Å². The maximum Gasteiger partial charge on any atom is 0.339 e. The van der Waals surface area contributed by atoms with Crippen LogP contribution in [0.4, 0.5) is 5.69 Å². The number of aromatic nitrogens is 1. The number of amides is 1. The zero-order valence-electron chi connectivity index (χ0n) is 16.3. The summed E-state index contributed by atoms with van der Waals surface area (Å²) in [6.45, 7) is 3.49. The minimum Gasteiger partial charge on any atom is -0.452 e. The molecule has 0 radical (unpaired) electrons. The summed E-state index contributed by atoms with van der Waals surface area (Å²) >= 11 is 1.46. The monoisotopic (exact) mass is 410 g/mol. The summed E-state index contributed by atoms with van der Waals surface area (Å²) in [7, 11) is 0. The van der Waals surface area contributed by atoms with Crippen molar-refractivity contribution in [3.05, 3.63) is 77.2 Å². The highest BCUT2D eigenvalue weighted by Gasteiger charge is 2.15. The van der Waals surface area contributed by atoms with E-state index >= 15 is 0 Å². The summed E-state index contributed by atoms with van der Waals surface area (Å²) in [6.07, 6.45) is 0.798. The SMILES string of the molecule is CCc1ccccc1NC(=O)COC(=O)c1ccccc1SCc1cc(C)on1. The van der Waals surface area contributed by atoms with Gasteiger partial charge in [-0.25, -0.2) is 4.79 Å². The van der Waals surface area contributed by atoms with E-state index in [-0.39, 0.29) is 12.5 Å². The Morgan fingerprint density at radius 2 is 1.90 bits per heavy atom. The third kappa shape index (κ3) is 5.71. The fraction of sp³-hybridized carbons (Fsp3) is 0.227. The molecule has 0 bridgehead atoms. The number of carbonyl (C=O) groups is 2. The van der Waals surface area contributed by atoms with Gasteiger partial charge in [-0.15, -0.1) is 11.8 Å². The van der Waals surface area contributed by atoms with Crippen molar-refractivity contribution in [1.29, 1.82) is 0 Å². The average Bonchev–Trinajstić information content (AvgIpc) is 3.16. The van der Waals surface area contributed by atoms with Crippen LogP contribution in [0.1, 0.15) is 34.3 Å². The van der Waals surface area contributed by atoms with Crippen molar-refractivity contribution in [2.45, 2.75) is 30.9 Å². The molecular formula is C22H22N2O4S. The van der Waals surface area contributed by atoms with Gasteiger partial charge >= 0.3 is 5.97 Å². The zero-order valence-corrected chi connectivity index (χ0v) is 17.1. The summed E-state index contributed by atoms with van der Waals surface area (Å²) < 4.78 is 10.3. The van der Waals surface area contributed by atoms with Crippen LogP contribution in [0.25, 0.3) is 0 Å². The Bertz CT molecular complexity index is 1000. The van der Waals surface area contributed by atoms with Gasteiger partial charge in [0.25, 0.3) is 5.91 Å². The summed E-state index contributed by atoms with van der Waals surface area (Å²) in [4.78, 5) is 25.5. The number of aryl methyl sites for hydroxylation is 2. The lowest BCUT2D eigenvalue weighted by molar-refractivity contribution is -0.119. The zero-order chi connectivity index (χ0) is 20.6. The molecule has 150 valence electrons. The average molecular weight is 410 g/mol. The predicted molar refractivity (Wildman–Crippen MR) is 112 cm³/mol. The number of thioether (sulfide) groups is 1. The van der Waals surface area contributed by atoms with Crippen molar-refractivity contribution in [2.24, 2.45) is 0 Å². The van der Waals surface area contributed by atoms with Gasteiger partial charge in [-0.2, -0.15) is 0 Å². The van der Waals surface area contributed by atoms with Crippen molar-refractivity contribution in [3.8, 4) is 0 Å². The normalized spacial score (nSPS) is 10.6. The molecule has 0 atom stereocenters. The van der Waals surface area contributed by atoms with Crippen molar-refractivity contribution in [3.63, 3.8) is 0 Å². The van der Waals surface area contributed by atoms with E-state index in [2.05, 4.69) is 10.5 Å². The minimum atomic E-state index is -0.539. The Morgan fingerprint density at radius 1 is 1.14 bits per heavy atom. The first kappa shape index (κ1) is 20.7. The predicted octanol–water partition coefficient (Wildman–Crippen LogP) is 4.63. The largest absolute Gasteiger partial charge is 0.452 e. The third-order valence-electron chi connectivity index (χ3n) is 4.17. The molecule has 29 heavy (non-hydrogen) atoms. The molecule has 6 nitrogen and oxygen atoms in total. The van der Waals surface area contributed by atoms with Crippen LogP contribution in [0.3, 0.4) is 0 Å². The first-order valence-electron chi connectivity index (χ1n) is 9.25. The van der Waals surface area contributed by atoms with Crippen LogP contribution in [-0.4, -0.2) is 23.6 Å². The number of nitrogens with one attached hydrogen (secondary N) is 1. The van der Waals surface area contributed by atoms with Gasteiger partial charge in [0.1, 0.15) is 5.76 Å². The second-order valence-corrected chi connectivity index (χ2v) is 7.37. The standard InChI is InChI=1S/C22H22N2O4S/c1-3-16-8-4-6-10-19(16)23-21(25)13-27-22(26)18-9-5-7-11-20(18)29-14-17-12-15(2)28-24-17/h4-12H,3,13-14H2,1-2H3,(H,23,25). The number of esters is 1. The van der Waals surface area contributed by atoms with Crippen molar-refractivity contribution in [1.82, 2.24) is 5.16 Å². The molecule has 0 saturated heterocycles. The summed E-state index contributed by atoms with van der Waals surface area (Å²) in [6, 6.07) is 16.5. The van der Waals surface area contributed by atoms with Crippen LogP contribution in [0.5, 0.6) is 0 Å². The Kier molecular flexibility index (Phi) is 7.08. The maximum absolute atomic E-state index is 12.5. The summed E-state index contributed by atoms with van der Waals surface area (Å²) in [5, 5.41) is 6.75. The van der Waals surface area contributed by atoms with Crippen molar-refractivity contribution < 1.29 is 18.8 Å². The van der Waals surface area contributed by atoms with Gasteiger partial charge in [0.15, 0.2) is 6.61 Å². The van der Waals surface area contributed by atoms with Crippen LogP contribution < -0.4 is 5.32 Å². The number of rotatable bonds is 8. The molecule has 7 heteroatoms. The van der Waals surface area contributed by atoms with E-state index in [4.69, 9.17) is 9.26 Å². The van der Waals surface area contributed by atoms with Crippen LogP contribution in [0, 0.1) is 6.92 Å². The van der Waals surface area contributed by atoms with E-state index in [0.29, 0.717) is 11.3 Å².